The van der Waals surface area contributed by atoms with Gasteiger partial charge in [0, 0.05) is 18.3 Å². The van der Waals surface area contributed by atoms with Gasteiger partial charge in [0.25, 0.3) is 5.56 Å². The number of hydrogen-bond donors (Lipinski definition) is 1. The molecule has 0 radical (unpaired) electrons. The maximum atomic E-state index is 11.9. The average Bonchev–Trinajstić information content (AvgIpc) is 2.32. The molecule has 0 spiro atoms. The van der Waals surface area contributed by atoms with Gasteiger partial charge in [-0.15, -0.1) is 0 Å². The van der Waals surface area contributed by atoms with E-state index in [0.29, 0.717) is 12.1 Å². The van der Waals surface area contributed by atoms with E-state index in [9.17, 15) is 9.90 Å². The van der Waals surface area contributed by atoms with E-state index in [1.54, 1.807) is 6.92 Å². The fraction of sp³-hybridized carbons (Fsp3) is 0.538. The van der Waals surface area contributed by atoms with E-state index < -0.39 is 0 Å². The highest BCUT2D eigenvalue weighted by atomic mass is 16.3. The third-order valence-electron chi connectivity index (χ3n) is 2.88. The van der Waals surface area contributed by atoms with Crippen LogP contribution >= 0.6 is 0 Å². The van der Waals surface area contributed by atoms with Gasteiger partial charge in [-0.3, -0.25) is 4.79 Å². The van der Waals surface area contributed by atoms with Gasteiger partial charge in [0.2, 0.25) is 0 Å². The summed E-state index contributed by atoms with van der Waals surface area (Å²) in [5.41, 5.74) is 0.0992. The number of pyridine rings is 1. The van der Waals surface area contributed by atoms with Crippen molar-refractivity contribution in [3.63, 3.8) is 0 Å². The standard InChI is InChI=1S/C13H18N2O2/c1-3-4-5-6-7-15-9-12(16)10(2)11(8-14)13(15)17/h9,16H,3-7H2,1-2H3. The molecule has 1 heterocycles. The summed E-state index contributed by atoms with van der Waals surface area (Å²) in [5, 5.41) is 18.5. The van der Waals surface area contributed by atoms with Gasteiger partial charge in [0.1, 0.15) is 17.4 Å². The van der Waals surface area contributed by atoms with Crippen LogP contribution in [0.3, 0.4) is 0 Å². The second kappa shape index (κ2) is 6.09. The largest absolute Gasteiger partial charge is 0.506 e. The highest BCUT2D eigenvalue weighted by Gasteiger charge is 2.11. The molecule has 0 fully saturated rings. The molecule has 0 amide bonds. The number of aromatic hydroxyl groups is 1. The molecule has 0 aliphatic heterocycles. The van der Waals surface area contributed by atoms with Crippen LogP contribution in [0.4, 0.5) is 0 Å². The molecule has 0 unspecified atom stereocenters. The molecule has 4 nitrogen and oxygen atoms in total. The molecule has 0 bridgehead atoms. The quantitative estimate of drug-likeness (QED) is 0.795. The lowest BCUT2D eigenvalue weighted by molar-refractivity contribution is 0.456. The monoisotopic (exact) mass is 234 g/mol. The van der Waals surface area contributed by atoms with E-state index in [0.717, 1.165) is 25.7 Å². The number of aromatic nitrogens is 1. The Morgan fingerprint density at radius 3 is 2.71 bits per heavy atom. The Balaban J connectivity index is 2.91. The molecule has 1 rings (SSSR count). The highest BCUT2D eigenvalue weighted by Crippen LogP contribution is 2.16. The third-order valence-corrected chi connectivity index (χ3v) is 2.88. The minimum atomic E-state index is -0.306. The predicted molar refractivity (Wildman–Crippen MR) is 66.0 cm³/mol. The number of nitriles is 1. The van der Waals surface area contributed by atoms with Crippen LogP contribution in [0.25, 0.3) is 0 Å². The van der Waals surface area contributed by atoms with Gasteiger partial charge in [-0.05, 0) is 13.3 Å². The van der Waals surface area contributed by atoms with Gasteiger partial charge in [0.05, 0.1) is 0 Å². The van der Waals surface area contributed by atoms with Gasteiger partial charge in [-0.2, -0.15) is 5.26 Å². The molecule has 92 valence electrons. The van der Waals surface area contributed by atoms with E-state index in [2.05, 4.69) is 6.92 Å². The Morgan fingerprint density at radius 2 is 2.12 bits per heavy atom. The van der Waals surface area contributed by atoms with Crippen LogP contribution < -0.4 is 5.56 Å². The molecular formula is C13H18N2O2. The van der Waals surface area contributed by atoms with E-state index in [1.165, 1.54) is 10.8 Å². The van der Waals surface area contributed by atoms with Crippen molar-refractivity contribution in [3.8, 4) is 11.8 Å². The zero-order valence-electron chi connectivity index (χ0n) is 10.4. The Hall–Kier alpha value is -1.76. The summed E-state index contributed by atoms with van der Waals surface area (Å²) >= 11 is 0. The summed E-state index contributed by atoms with van der Waals surface area (Å²) in [5.74, 6) is 0.0108. The first-order chi connectivity index (χ1) is 8.11. The van der Waals surface area contributed by atoms with Crippen LogP contribution in [0.2, 0.25) is 0 Å². The predicted octanol–water partition coefficient (Wildman–Crippen LogP) is 2.31. The summed E-state index contributed by atoms with van der Waals surface area (Å²) in [6.45, 7) is 4.26. The first-order valence-electron chi connectivity index (χ1n) is 5.95. The molecule has 0 aliphatic carbocycles. The van der Waals surface area contributed by atoms with Gasteiger partial charge in [-0.25, -0.2) is 0 Å². The Morgan fingerprint density at radius 1 is 1.41 bits per heavy atom. The van der Waals surface area contributed by atoms with Gasteiger partial charge in [-0.1, -0.05) is 26.2 Å². The lowest BCUT2D eigenvalue weighted by Crippen LogP contribution is -2.23. The lowest BCUT2D eigenvalue weighted by Gasteiger charge is -2.09. The maximum Gasteiger partial charge on any atom is 0.268 e. The van der Waals surface area contributed by atoms with Crippen LogP contribution in [-0.4, -0.2) is 9.67 Å². The molecule has 1 aromatic heterocycles. The number of nitrogens with zero attached hydrogens (tertiary/aromatic N) is 2. The summed E-state index contributed by atoms with van der Waals surface area (Å²) in [4.78, 5) is 11.9. The molecular weight excluding hydrogens is 216 g/mol. The first kappa shape index (κ1) is 13.3. The lowest BCUT2D eigenvalue weighted by atomic mass is 10.1. The van der Waals surface area contributed by atoms with Crippen LogP contribution in [0, 0.1) is 18.3 Å². The fourth-order valence-corrected chi connectivity index (χ4v) is 1.74. The van der Waals surface area contributed by atoms with Crippen molar-refractivity contribution >= 4 is 0 Å². The Labute approximate surface area is 101 Å². The first-order valence-corrected chi connectivity index (χ1v) is 5.95. The molecule has 1 aromatic rings. The minimum absolute atomic E-state index is 0.0108. The average molecular weight is 234 g/mol. The topological polar surface area (TPSA) is 66.0 Å². The number of unbranched alkanes of at least 4 members (excludes halogenated alkanes) is 3. The molecule has 0 aromatic carbocycles. The third kappa shape index (κ3) is 3.10. The van der Waals surface area contributed by atoms with Gasteiger partial charge < -0.3 is 9.67 Å². The Kier molecular flexibility index (Phi) is 4.77. The molecule has 17 heavy (non-hydrogen) atoms. The van der Waals surface area contributed by atoms with E-state index >= 15 is 0 Å². The molecule has 0 saturated carbocycles. The van der Waals surface area contributed by atoms with Crippen molar-refractivity contribution < 1.29 is 5.11 Å². The molecule has 4 heteroatoms. The SMILES string of the molecule is CCCCCCn1cc(O)c(C)c(C#N)c1=O. The van der Waals surface area contributed by atoms with Gasteiger partial charge >= 0.3 is 0 Å². The maximum absolute atomic E-state index is 11.9. The summed E-state index contributed by atoms with van der Waals surface area (Å²) in [7, 11) is 0. The van der Waals surface area contributed by atoms with Crippen LogP contribution in [0.1, 0.15) is 43.7 Å². The van der Waals surface area contributed by atoms with Crippen molar-refractivity contribution in [2.45, 2.75) is 46.1 Å². The van der Waals surface area contributed by atoms with E-state index in [1.807, 2.05) is 6.07 Å². The second-order valence-electron chi connectivity index (χ2n) is 4.19. The van der Waals surface area contributed by atoms with Crippen molar-refractivity contribution in [1.29, 1.82) is 5.26 Å². The van der Waals surface area contributed by atoms with E-state index in [-0.39, 0.29) is 16.9 Å². The number of aryl methyl sites for hydroxylation is 1. The molecule has 0 atom stereocenters. The van der Waals surface area contributed by atoms with Crippen LogP contribution in [0.15, 0.2) is 11.0 Å². The zero-order chi connectivity index (χ0) is 12.8. The van der Waals surface area contributed by atoms with Crippen molar-refractivity contribution in [2.24, 2.45) is 0 Å². The number of rotatable bonds is 5. The van der Waals surface area contributed by atoms with Crippen molar-refractivity contribution in [1.82, 2.24) is 4.57 Å². The van der Waals surface area contributed by atoms with Crippen LogP contribution in [-0.2, 0) is 6.54 Å². The minimum Gasteiger partial charge on any atom is -0.506 e. The zero-order valence-corrected chi connectivity index (χ0v) is 10.4. The van der Waals surface area contributed by atoms with Crippen molar-refractivity contribution in [2.75, 3.05) is 0 Å². The summed E-state index contributed by atoms with van der Waals surface area (Å²) in [6, 6.07) is 1.85. The Bertz CT molecular complexity index is 483. The summed E-state index contributed by atoms with van der Waals surface area (Å²) < 4.78 is 1.43. The normalized spacial score (nSPS) is 10.2. The second-order valence-corrected chi connectivity index (χ2v) is 4.19. The molecule has 1 N–H and O–H groups in total. The van der Waals surface area contributed by atoms with E-state index in [4.69, 9.17) is 5.26 Å². The van der Waals surface area contributed by atoms with Gasteiger partial charge in [0.15, 0.2) is 0 Å². The fourth-order valence-electron chi connectivity index (χ4n) is 1.74. The van der Waals surface area contributed by atoms with Crippen LogP contribution in [0.5, 0.6) is 5.75 Å². The highest BCUT2D eigenvalue weighted by molar-refractivity contribution is 5.42. The molecule has 0 aliphatic rings. The number of hydrogen-bond acceptors (Lipinski definition) is 3. The smallest absolute Gasteiger partial charge is 0.268 e. The molecule has 0 saturated heterocycles. The van der Waals surface area contributed by atoms with Crippen molar-refractivity contribution in [3.05, 3.63) is 27.7 Å². The summed E-state index contributed by atoms with van der Waals surface area (Å²) in [6.07, 6.45) is 5.64.